The highest BCUT2D eigenvalue weighted by Crippen LogP contribution is 2.11. The van der Waals surface area contributed by atoms with Crippen LogP contribution in [0.15, 0.2) is 35.0 Å². The number of carbonyl (C=O) groups excluding carboxylic acids is 1. The average Bonchev–Trinajstić information content (AvgIpc) is 2.91. The maximum Gasteiger partial charge on any atom is 0.340 e. The molecule has 1 aromatic carbocycles. The smallest absolute Gasteiger partial charge is 0.340 e. The fraction of sp³-hybridized carbons (Fsp3) is 0.231. The lowest BCUT2D eigenvalue weighted by molar-refractivity contribution is 0.0595. The predicted molar refractivity (Wildman–Crippen MR) is 64.8 cm³/mol. The zero-order valence-electron chi connectivity index (χ0n) is 10.4. The fourth-order valence-corrected chi connectivity index (χ4v) is 1.61. The van der Waals surface area contributed by atoms with Gasteiger partial charge in [-0.15, -0.1) is 0 Å². The Morgan fingerprint density at radius 3 is 2.89 bits per heavy atom. The molecule has 1 N–H and O–H groups in total. The van der Waals surface area contributed by atoms with E-state index in [9.17, 15) is 9.18 Å². The highest BCUT2D eigenvalue weighted by atomic mass is 19.1. The van der Waals surface area contributed by atoms with Crippen LogP contribution in [0.2, 0.25) is 0 Å². The first-order valence-corrected chi connectivity index (χ1v) is 5.67. The summed E-state index contributed by atoms with van der Waals surface area (Å²) in [6, 6.07) is 6.13. The lowest BCUT2D eigenvalue weighted by Crippen LogP contribution is -2.13. The van der Waals surface area contributed by atoms with E-state index in [1.54, 1.807) is 18.3 Å². The Morgan fingerprint density at radius 1 is 1.42 bits per heavy atom. The molecule has 100 valence electrons. The lowest BCUT2D eigenvalue weighted by Gasteiger charge is -2.05. The Labute approximate surface area is 109 Å². The Balaban J connectivity index is 1.94. The molecule has 0 spiro atoms. The summed E-state index contributed by atoms with van der Waals surface area (Å²) in [7, 11) is 1.22. The van der Waals surface area contributed by atoms with Gasteiger partial charge in [-0.05, 0) is 17.7 Å². The average molecular weight is 264 g/mol. The highest BCUT2D eigenvalue weighted by molar-refractivity contribution is 5.89. The first-order chi connectivity index (χ1) is 9.20. The highest BCUT2D eigenvalue weighted by Gasteiger charge is 2.12. The molecule has 2 rings (SSSR count). The Morgan fingerprint density at radius 2 is 2.26 bits per heavy atom. The van der Waals surface area contributed by atoms with E-state index in [0.717, 1.165) is 5.56 Å². The molecule has 6 heteroatoms. The number of benzene rings is 1. The third kappa shape index (κ3) is 3.38. The number of nitrogens with one attached hydrogen (secondary N) is 1. The van der Waals surface area contributed by atoms with Crippen molar-refractivity contribution >= 4 is 5.97 Å². The van der Waals surface area contributed by atoms with Crippen molar-refractivity contribution in [2.24, 2.45) is 0 Å². The van der Waals surface area contributed by atoms with Gasteiger partial charge >= 0.3 is 5.97 Å². The summed E-state index contributed by atoms with van der Waals surface area (Å²) in [5.41, 5.74) is 0.658. The second-order valence-corrected chi connectivity index (χ2v) is 3.89. The Kier molecular flexibility index (Phi) is 4.25. The van der Waals surface area contributed by atoms with E-state index >= 15 is 0 Å². The van der Waals surface area contributed by atoms with E-state index in [4.69, 9.17) is 4.52 Å². The first-order valence-electron chi connectivity index (χ1n) is 5.67. The number of hydrogen-bond donors (Lipinski definition) is 1. The third-order valence-electron chi connectivity index (χ3n) is 2.56. The fourth-order valence-electron chi connectivity index (χ4n) is 1.61. The van der Waals surface area contributed by atoms with Crippen LogP contribution in [-0.2, 0) is 17.8 Å². The van der Waals surface area contributed by atoms with Crippen LogP contribution in [0.5, 0.6) is 0 Å². The molecule has 5 nitrogen and oxygen atoms in total. The molecule has 0 bridgehead atoms. The molecule has 1 heterocycles. The topological polar surface area (TPSA) is 64.4 Å². The molecule has 0 saturated carbocycles. The van der Waals surface area contributed by atoms with Gasteiger partial charge in [0.05, 0.1) is 25.4 Å². The number of esters is 1. The summed E-state index contributed by atoms with van der Waals surface area (Å²) >= 11 is 0. The molecule has 0 aliphatic heterocycles. The molecular weight excluding hydrogens is 251 g/mol. The van der Waals surface area contributed by atoms with Crippen molar-refractivity contribution in [3.8, 4) is 0 Å². The van der Waals surface area contributed by atoms with Crippen molar-refractivity contribution < 1.29 is 18.4 Å². The maximum atomic E-state index is 13.6. The van der Waals surface area contributed by atoms with Gasteiger partial charge in [-0.3, -0.25) is 0 Å². The van der Waals surface area contributed by atoms with Crippen molar-refractivity contribution in [3.05, 3.63) is 53.2 Å². The van der Waals surface area contributed by atoms with Gasteiger partial charge in [0.25, 0.3) is 0 Å². The van der Waals surface area contributed by atoms with E-state index in [2.05, 4.69) is 15.2 Å². The molecule has 2 aromatic rings. The van der Waals surface area contributed by atoms with Gasteiger partial charge in [-0.2, -0.15) is 0 Å². The van der Waals surface area contributed by atoms with Gasteiger partial charge in [0.2, 0.25) is 0 Å². The zero-order chi connectivity index (χ0) is 13.7. The predicted octanol–water partition coefficient (Wildman–Crippen LogP) is 1.89. The third-order valence-corrected chi connectivity index (χ3v) is 2.56. The van der Waals surface area contributed by atoms with Gasteiger partial charge in [0.15, 0.2) is 0 Å². The monoisotopic (exact) mass is 264 g/mol. The van der Waals surface area contributed by atoms with Gasteiger partial charge in [-0.25, -0.2) is 9.18 Å². The minimum absolute atomic E-state index is 0.0681. The maximum absolute atomic E-state index is 13.6. The number of nitrogens with zero attached hydrogens (tertiary/aromatic N) is 1. The van der Waals surface area contributed by atoms with Crippen LogP contribution in [0.3, 0.4) is 0 Å². The normalized spacial score (nSPS) is 10.4. The van der Waals surface area contributed by atoms with Gasteiger partial charge in [0.1, 0.15) is 11.6 Å². The van der Waals surface area contributed by atoms with Crippen molar-refractivity contribution in [2.75, 3.05) is 7.11 Å². The van der Waals surface area contributed by atoms with E-state index in [0.29, 0.717) is 18.8 Å². The van der Waals surface area contributed by atoms with E-state index < -0.39 is 11.8 Å². The summed E-state index contributed by atoms with van der Waals surface area (Å²) in [6.45, 7) is 0.958. The molecule has 0 fully saturated rings. The second-order valence-electron chi connectivity index (χ2n) is 3.89. The molecule has 0 radical (unpaired) electrons. The SMILES string of the molecule is COC(=O)c1ccc(CNCc2ccno2)cc1F. The largest absolute Gasteiger partial charge is 0.465 e. The standard InChI is InChI=1S/C13H13FN2O3/c1-18-13(17)11-3-2-9(6-12(11)14)7-15-8-10-4-5-16-19-10/h2-6,15H,7-8H2,1H3. The molecule has 0 amide bonds. The van der Waals surface area contributed by atoms with Crippen molar-refractivity contribution in [2.45, 2.75) is 13.1 Å². The second kappa shape index (κ2) is 6.10. The lowest BCUT2D eigenvalue weighted by atomic mass is 10.1. The van der Waals surface area contributed by atoms with E-state index in [-0.39, 0.29) is 5.56 Å². The zero-order valence-corrected chi connectivity index (χ0v) is 10.4. The summed E-state index contributed by atoms with van der Waals surface area (Å²) in [5, 5.41) is 6.65. The molecule has 0 saturated heterocycles. The molecule has 0 aliphatic carbocycles. The minimum atomic E-state index is -0.682. The molecular formula is C13H13FN2O3. The minimum Gasteiger partial charge on any atom is -0.465 e. The quantitative estimate of drug-likeness (QED) is 0.835. The molecule has 0 unspecified atom stereocenters. The number of methoxy groups -OCH3 is 1. The molecule has 1 aromatic heterocycles. The van der Waals surface area contributed by atoms with Gasteiger partial charge < -0.3 is 14.6 Å². The number of rotatable bonds is 5. The Hall–Kier alpha value is -2.21. The van der Waals surface area contributed by atoms with Crippen molar-refractivity contribution in [1.82, 2.24) is 10.5 Å². The van der Waals surface area contributed by atoms with Gasteiger partial charge in [0, 0.05) is 12.6 Å². The van der Waals surface area contributed by atoms with Crippen LogP contribution in [0.4, 0.5) is 4.39 Å². The van der Waals surface area contributed by atoms with Crippen LogP contribution < -0.4 is 5.32 Å². The summed E-state index contributed by atoms with van der Waals surface area (Å²) in [4.78, 5) is 11.2. The number of carbonyl (C=O) groups is 1. The van der Waals surface area contributed by atoms with Crippen LogP contribution >= 0.6 is 0 Å². The number of aromatic nitrogens is 1. The molecule has 0 aliphatic rings. The number of ether oxygens (including phenoxy) is 1. The van der Waals surface area contributed by atoms with E-state index in [1.165, 1.54) is 19.2 Å². The van der Waals surface area contributed by atoms with Gasteiger partial charge in [-0.1, -0.05) is 11.2 Å². The van der Waals surface area contributed by atoms with Crippen LogP contribution in [0.1, 0.15) is 21.7 Å². The first kappa shape index (κ1) is 13.2. The summed E-state index contributed by atoms with van der Waals surface area (Å²) < 4.78 is 23.0. The summed E-state index contributed by atoms with van der Waals surface area (Å²) in [5.74, 6) is -0.573. The van der Waals surface area contributed by atoms with Crippen LogP contribution in [0.25, 0.3) is 0 Å². The van der Waals surface area contributed by atoms with E-state index in [1.807, 2.05) is 0 Å². The molecule has 0 atom stereocenters. The molecule has 19 heavy (non-hydrogen) atoms. The number of halogens is 1. The summed E-state index contributed by atoms with van der Waals surface area (Å²) in [6.07, 6.45) is 1.56. The van der Waals surface area contributed by atoms with Crippen molar-refractivity contribution in [3.63, 3.8) is 0 Å². The Bertz CT molecular complexity index is 555. The van der Waals surface area contributed by atoms with Crippen molar-refractivity contribution in [1.29, 1.82) is 0 Å². The van der Waals surface area contributed by atoms with Crippen LogP contribution in [-0.4, -0.2) is 18.2 Å². The van der Waals surface area contributed by atoms with Crippen LogP contribution in [0, 0.1) is 5.82 Å². The number of hydrogen-bond acceptors (Lipinski definition) is 5.